The van der Waals surface area contributed by atoms with E-state index in [1.54, 1.807) is 4.80 Å². The van der Waals surface area contributed by atoms with E-state index in [2.05, 4.69) is 46.7 Å². The second-order valence-corrected chi connectivity index (χ2v) is 5.77. The van der Waals surface area contributed by atoms with Crippen LogP contribution in [0.25, 0.3) is 11.3 Å². The van der Waals surface area contributed by atoms with E-state index in [0.29, 0.717) is 6.04 Å². The smallest absolute Gasteiger partial charge is 0.117 e. The van der Waals surface area contributed by atoms with Gasteiger partial charge in [0.05, 0.1) is 6.54 Å². The molecular weight excluding hydrogens is 260 g/mol. The molecule has 0 aliphatic heterocycles. The molecule has 2 aromatic rings. The van der Waals surface area contributed by atoms with Crippen LogP contribution in [-0.4, -0.2) is 21.0 Å². The molecule has 112 valence electrons. The Morgan fingerprint density at radius 2 is 1.86 bits per heavy atom. The van der Waals surface area contributed by atoms with Crippen molar-refractivity contribution in [3.63, 3.8) is 0 Å². The highest BCUT2D eigenvalue weighted by molar-refractivity contribution is 5.60. The maximum atomic E-state index is 4.63. The third-order valence-electron chi connectivity index (χ3n) is 4.22. The highest BCUT2D eigenvalue weighted by atomic mass is 15.5. The van der Waals surface area contributed by atoms with Crippen LogP contribution in [-0.2, 0) is 13.1 Å². The minimum atomic E-state index is 0.647. The van der Waals surface area contributed by atoms with E-state index in [9.17, 15) is 0 Å². The summed E-state index contributed by atoms with van der Waals surface area (Å²) in [5, 5.41) is 12.9. The molecule has 0 radical (unpaired) electrons. The van der Waals surface area contributed by atoms with Crippen molar-refractivity contribution in [3.05, 3.63) is 36.0 Å². The Balaban J connectivity index is 1.75. The predicted octanol–water partition coefficient (Wildman–Crippen LogP) is 3.39. The second-order valence-electron chi connectivity index (χ2n) is 5.77. The standard InChI is InChI=1S/C17H24N4/c1-2-21-19-16(13-18-15-11-7-4-8-12-15)17(20-21)14-9-5-3-6-10-14/h3,5-6,9-10,15,18H,2,4,7-8,11-13H2,1H3. The highest BCUT2D eigenvalue weighted by Crippen LogP contribution is 2.21. The van der Waals surface area contributed by atoms with Crippen molar-refractivity contribution in [2.45, 2.75) is 58.2 Å². The Morgan fingerprint density at radius 1 is 1.10 bits per heavy atom. The lowest BCUT2D eigenvalue weighted by Gasteiger charge is -2.22. The molecule has 4 nitrogen and oxygen atoms in total. The van der Waals surface area contributed by atoms with Gasteiger partial charge in [0, 0.05) is 18.2 Å². The summed E-state index contributed by atoms with van der Waals surface area (Å²) >= 11 is 0. The molecule has 1 aromatic carbocycles. The first-order valence-corrected chi connectivity index (χ1v) is 8.09. The lowest BCUT2D eigenvalue weighted by molar-refractivity contribution is 0.370. The number of rotatable bonds is 5. The number of nitrogens with one attached hydrogen (secondary N) is 1. The van der Waals surface area contributed by atoms with Gasteiger partial charge in [0.2, 0.25) is 0 Å². The molecule has 0 unspecified atom stereocenters. The molecule has 1 N–H and O–H groups in total. The fourth-order valence-electron chi connectivity index (χ4n) is 3.01. The number of aryl methyl sites for hydroxylation is 1. The molecule has 1 saturated carbocycles. The molecule has 0 spiro atoms. The van der Waals surface area contributed by atoms with Gasteiger partial charge in [0.1, 0.15) is 11.4 Å². The summed E-state index contributed by atoms with van der Waals surface area (Å²) in [6.45, 7) is 3.70. The Hall–Kier alpha value is -1.68. The lowest BCUT2D eigenvalue weighted by Crippen LogP contribution is -2.30. The first kappa shape index (κ1) is 14.3. The van der Waals surface area contributed by atoms with Crippen molar-refractivity contribution in [1.29, 1.82) is 0 Å². The van der Waals surface area contributed by atoms with Crippen LogP contribution in [0.5, 0.6) is 0 Å². The summed E-state index contributed by atoms with van der Waals surface area (Å²) in [6, 6.07) is 11.0. The van der Waals surface area contributed by atoms with Crippen LogP contribution in [0.1, 0.15) is 44.7 Å². The maximum Gasteiger partial charge on any atom is 0.117 e. The first-order chi connectivity index (χ1) is 10.4. The molecular formula is C17H24N4. The summed E-state index contributed by atoms with van der Waals surface area (Å²) in [5.41, 5.74) is 3.23. The van der Waals surface area contributed by atoms with Crippen molar-refractivity contribution in [3.8, 4) is 11.3 Å². The third-order valence-corrected chi connectivity index (χ3v) is 4.22. The highest BCUT2D eigenvalue weighted by Gasteiger charge is 2.16. The van der Waals surface area contributed by atoms with E-state index in [-0.39, 0.29) is 0 Å². The van der Waals surface area contributed by atoms with Crippen LogP contribution in [0.2, 0.25) is 0 Å². The zero-order valence-electron chi connectivity index (χ0n) is 12.8. The van der Waals surface area contributed by atoms with Gasteiger partial charge in [-0.1, -0.05) is 49.6 Å². The van der Waals surface area contributed by atoms with Gasteiger partial charge in [0.25, 0.3) is 0 Å². The van der Waals surface area contributed by atoms with Crippen LogP contribution in [0, 0.1) is 0 Å². The summed E-state index contributed by atoms with van der Waals surface area (Å²) in [4.78, 5) is 1.79. The average molecular weight is 284 g/mol. The molecule has 3 rings (SSSR count). The quantitative estimate of drug-likeness (QED) is 0.915. The molecule has 0 saturated heterocycles. The fourth-order valence-corrected chi connectivity index (χ4v) is 3.01. The Kier molecular flexibility index (Phi) is 4.65. The zero-order chi connectivity index (χ0) is 14.5. The SMILES string of the molecule is CCn1nc(CNC2CCCCC2)c(-c2ccccc2)n1. The van der Waals surface area contributed by atoms with E-state index < -0.39 is 0 Å². The Morgan fingerprint density at radius 3 is 2.57 bits per heavy atom. The molecule has 1 aromatic heterocycles. The number of hydrogen-bond acceptors (Lipinski definition) is 3. The lowest BCUT2D eigenvalue weighted by atomic mass is 9.95. The van der Waals surface area contributed by atoms with Gasteiger partial charge in [-0.25, -0.2) is 0 Å². The van der Waals surface area contributed by atoms with Crippen molar-refractivity contribution in [1.82, 2.24) is 20.3 Å². The third kappa shape index (κ3) is 3.50. The van der Waals surface area contributed by atoms with E-state index in [1.807, 2.05) is 6.07 Å². The van der Waals surface area contributed by atoms with E-state index in [1.165, 1.54) is 32.1 Å². The van der Waals surface area contributed by atoms with Crippen molar-refractivity contribution < 1.29 is 0 Å². The molecule has 21 heavy (non-hydrogen) atoms. The van der Waals surface area contributed by atoms with Gasteiger partial charge >= 0.3 is 0 Å². The topological polar surface area (TPSA) is 42.7 Å². The van der Waals surface area contributed by atoms with Gasteiger partial charge in [-0.05, 0) is 19.8 Å². The number of aromatic nitrogens is 3. The maximum absolute atomic E-state index is 4.63. The van der Waals surface area contributed by atoms with Gasteiger partial charge < -0.3 is 5.32 Å². The molecule has 1 aliphatic rings. The van der Waals surface area contributed by atoms with Gasteiger partial charge in [-0.2, -0.15) is 15.0 Å². The summed E-state index contributed by atoms with van der Waals surface area (Å²) in [7, 11) is 0. The van der Waals surface area contributed by atoms with E-state index in [4.69, 9.17) is 0 Å². The van der Waals surface area contributed by atoms with Crippen molar-refractivity contribution in [2.75, 3.05) is 0 Å². The van der Waals surface area contributed by atoms with E-state index in [0.717, 1.165) is 30.0 Å². The number of nitrogens with zero attached hydrogens (tertiary/aromatic N) is 3. The van der Waals surface area contributed by atoms with Crippen molar-refractivity contribution in [2.24, 2.45) is 0 Å². The van der Waals surface area contributed by atoms with Gasteiger partial charge in [-0.3, -0.25) is 0 Å². The Bertz CT molecular complexity index is 555. The van der Waals surface area contributed by atoms with Crippen LogP contribution in [0.3, 0.4) is 0 Å². The summed E-state index contributed by atoms with van der Waals surface area (Å²) < 4.78 is 0. The monoisotopic (exact) mass is 284 g/mol. The molecule has 0 amide bonds. The van der Waals surface area contributed by atoms with E-state index >= 15 is 0 Å². The average Bonchev–Trinajstić information content (AvgIpc) is 2.98. The largest absolute Gasteiger partial charge is 0.308 e. The molecule has 1 fully saturated rings. The van der Waals surface area contributed by atoms with Crippen LogP contribution >= 0.6 is 0 Å². The van der Waals surface area contributed by atoms with Crippen LogP contribution in [0.15, 0.2) is 30.3 Å². The summed E-state index contributed by atoms with van der Waals surface area (Å²) in [6.07, 6.45) is 6.68. The molecule has 4 heteroatoms. The molecule has 0 atom stereocenters. The van der Waals surface area contributed by atoms with Gasteiger partial charge in [0.15, 0.2) is 0 Å². The number of hydrogen-bond donors (Lipinski definition) is 1. The van der Waals surface area contributed by atoms with Crippen LogP contribution < -0.4 is 5.32 Å². The number of benzene rings is 1. The minimum Gasteiger partial charge on any atom is -0.308 e. The first-order valence-electron chi connectivity index (χ1n) is 8.09. The second kappa shape index (κ2) is 6.85. The van der Waals surface area contributed by atoms with Crippen molar-refractivity contribution >= 4 is 0 Å². The molecule has 0 bridgehead atoms. The zero-order valence-corrected chi connectivity index (χ0v) is 12.8. The van der Waals surface area contributed by atoms with Gasteiger partial charge in [-0.15, -0.1) is 0 Å². The summed E-state index contributed by atoms with van der Waals surface area (Å²) in [5.74, 6) is 0. The molecule has 1 heterocycles. The predicted molar refractivity (Wildman–Crippen MR) is 84.8 cm³/mol. The fraction of sp³-hybridized carbons (Fsp3) is 0.529. The van der Waals surface area contributed by atoms with Crippen LogP contribution in [0.4, 0.5) is 0 Å². The minimum absolute atomic E-state index is 0.647. The normalized spacial score (nSPS) is 16.2. The Labute approximate surface area is 126 Å². The molecule has 1 aliphatic carbocycles.